The molecule has 2 aliphatic heterocycles. The molecule has 0 saturated carbocycles. The Balaban J connectivity index is 2.09. The molecule has 0 radical (unpaired) electrons. The number of aldehydes is 1. The van der Waals surface area contributed by atoms with Crippen molar-refractivity contribution in [2.75, 3.05) is 6.54 Å². The van der Waals surface area contributed by atoms with Gasteiger partial charge in [-0.05, 0) is 19.8 Å². The molecule has 0 spiro atoms. The van der Waals surface area contributed by atoms with Crippen LogP contribution < -0.4 is 0 Å². The van der Waals surface area contributed by atoms with Crippen molar-refractivity contribution >= 4 is 6.29 Å². The highest BCUT2D eigenvalue weighted by Crippen LogP contribution is 2.35. The van der Waals surface area contributed by atoms with E-state index in [-0.39, 0.29) is 0 Å². The molecule has 2 heterocycles. The van der Waals surface area contributed by atoms with Crippen molar-refractivity contribution in [3.05, 3.63) is 0 Å². The molecule has 62 valence electrons. The minimum absolute atomic E-state index is 0.505. The second kappa shape index (κ2) is 2.29. The van der Waals surface area contributed by atoms with Crippen molar-refractivity contribution in [2.45, 2.75) is 37.8 Å². The van der Waals surface area contributed by atoms with Crippen LogP contribution in [0.2, 0.25) is 0 Å². The molecule has 11 heavy (non-hydrogen) atoms. The molecule has 3 heteroatoms. The quantitative estimate of drug-likeness (QED) is 0.523. The molecule has 0 aromatic carbocycles. The van der Waals surface area contributed by atoms with Crippen LogP contribution in [0.3, 0.4) is 0 Å². The van der Waals surface area contributed by atoms with E-state index in [4.69, 9.17) is 4.84 Å². The Bertz CT molecular complexity index is 169. The molecular weight excluding hydrogens is 142 g/mol. The summed E-state index contributed by atoms with van der Waals surface area (Å²) < 4.78 is 0. The molecule has 2 aliphatic rings. The Morgan fingerprint density at radius 1 is 1.73 bits per heavy atom. The highest BCUT2D eigenvalue weighted by molar-refractivity contribution is 5.62. The van der Waals surface area contributed by atoms with Gasteiger partial charge in [-0.25, -0.2) is 0 Å². The largest absolute Gasteiger partial charge is 0.300 e. The highest BCUT2D eigenvalue weighted by Gasteiger charge is 2.44. The summed E-state index contributed by atoms with van der Waals surface area (Å²) in [5, 5.41) is 1.97. The van der Waals surface area contributed by atoms with Crippen LogP contribution in [0.4, 0.5) is 0 Å². The van der Waals surface area contributed by atoms with Gasteiger partial charge in [0.15, 0.2) is 6.29 Å². The van der Waals surface area contributed by atoms with Crippen LogP contribution >= 0.6 is 0 Å². The number of hydrogen-bond donors (Lipinski definition) is 0. The van der Waals surface area contributed by atoms with E-state index in [2.05, 4.69) is 0 Å². The molecule has 0 bridgehead atoms. The van der Waals surface area contributed by atoms with E-state index in [1.165, 1.54) is 12.8 Å². The van der Waals surface area contributed by atoms with Gasteiger partial charge >= 0.3 is 0 Å². The van der Waals surface area contributed by atoms with Gasteiger partial charge in [-0.3, -0.25) is 4.84 Å². The van der Waals surface area contributed by atoms with Crippen LogP contribution in [-0.2, 0) is 9.63 Å². The van der Waals surface area contributed by atoms with E-state index >= 15 is 0 Å². The van der Waals surface area contributed by atoms with Gasteiger partial charge in [-0.15, -0.1) is 0 Å². The summed E-state index contributed by atoms with van der Waals surface area (Å²) in [7, 11) is 0. The maximum atomic E-state index is 10.6. The van der Waals surface area contributed by atoms with Crippen LogP contribution in [0.5, 0.6) is 0 Å². The standard InChI is InChI=1S/C8H13NO2/c1-8(6-10)5-7-3-2-4-9(7)11-8/h6-7H,2-5H2,1H3/t7-,8+/m0/s1. The first-order chi connectivity index (χ1) is 5.23. The minimum Gasteiger partial charge on any atom is -0.300 e. The van der Waals surface area contributed by atoms with Gasteiger partial charge in [0.2, 0.25) is 0 Å². The molecule has 0 unspecified atom stereocenters. The average Bonchev–Trinajstić information content (AvgIpc) is 2.46. The van der Waals surface area contributed by atoms with Crippen molar-refractivity contribution < 1.29 is 9.63 Å². The van der Waals surface area contributed by atoms with Crippen molar-refractivity contribution in [3.63, 3.8) is 0 Å². The first-order valence-electron chi connectivity index (χ1n) is 4.16. The van der Waals surface area contributed by atoms with E-state index in [1.54, 1.807) is 0 Å². The molecule has 0 aliphatic carbocycles. The smallest absolute Gasteiger partial charge is 0.153 e. The lowest BCUT2D eigenvalue weighted by Crippen LogP contribution is -2.28. The molecule has 0 N–H and O–H groups in total. The Hall–Kier alpha value is -0.410. The zero-order chi connectivity index (χ0) is 7.90. The maximum Gasteiger partial charge on any atom is 0.153 e. The maximum absolute atomic E-state index is 10.6. The molecular formula is C8H13NO2. The molecule has 2 saturated heterocycles. The molecule has 2 atom stereocenters. The number of carbonyl (C=O) groups excluding carboxylic acids is 1. The Kier molecular flexibility index (Phi) is 1.51. The molecule has 0 amide bonds. The van der Waals surface area contributed by atoms with Gasteiger partial charge in [-0.1, -0.05) is 0 Å². The average molecular weight is 155 g/mol. The van der Waals surface area contributed by atoms with Crippen molar-refractivity contribution in [1.82, 2.24) is 5.06 Å². The van der Waals surface area contributed by atoms with E-state index in [0.717, 1.165) is 19.3 Å². The monoisotopic (exact) mass is 155 g/mol. The summed E-state index contributed by atoms with van der Waals surface area (Å²) >= 11 is 0. The van der Waals surface area contributed by atoms with Crippen LogP contribution in [-0.4, -0.2) is 29.5 Å². The van der Waals surface area contributed by atoms with Crippen molar-refractivity contribution in [3.8, 4) is 0 Å². The van der Waals surface area contributed by atoms with E-state index in [1.807, 2.05) is 12.0 Å². The van der Waals surface area contributed by atoms with Gasteiger partial charge in [-0.2, -0.15) is 5.06 Å². The Labute approximate surface area is 66.3 Å². The van der Waals surface area contributed by atoms with Crippen molar-refractivity contribution in [1.29, 1.82) is 0 Å². The minimum atomic E-state index is -0.523. The summed E-state index contributed by atoms with van der Waals surface area (Å²) in [5.41, 5.74) is -0.523. The first-order valence-corrected chi connectivity index (χ1v) is 4.16. The number of nitrogens with zero attached hydrogens (tertiary/aromatic N) is 1. The Morgan fingerprint density at radius 3 is 3.18 bits per heavy atom. The number of hydrogen-bond acceptors (Lipinski definition) is 3. The topological polar surface area (TPSA) is 29.5 Å². The van der Waals surface area contributed by atoms with Gasteiger partial charge in [0, 0.05) is 19.0 Å². The molecule has 3 nitrogen and oxygen atoms in total. The third kappa shape index (κ3) is 1.08. The molecule has 0 aromatic heterocycles. The fourth-order valence-corrected chi connectivity index (χ4v) is 1.98. The summed E-state index contributed by atoms with van der Waals surface area (Å²) in [5.74, 6) is 0. The van der Waals surface area contributed by atoms with Crippen LogP contribution in [0.15, 0.2) is 0 Å². The predicted octanol–water partition coefficient (Wildman–Crippen LogP) is 0.744. The fraction of sp³-hybridized carbons (Fsp3) is 0.875. The fourth-order valence-electron chi connectivity index (χ4n) is 1.98. The van der Waals surface area contributed by atoms with E-state index < -0.39 is 5.60 Å². The lowest BCUT2D eigenvalue weighted by molar-refractivity contribution is -0.185. The normalized spacial score (nSPS) is 44.3. The Morgan fingerprint density at radius 2 is 2.55 bits per heavy atom. The lowest BCUT2D eigenvalue weighted by Gasteiger charge is -2.17. The lowest BCUT2D eigenvalue weighted by atomic mass is 9.99. The summed E-state index contributed by atoms with van der Waals surface area (Å²) in [6.07, 6.45) is 4.19. The first kappa shape index (κ1) is 7.25. The third-order valence-corrected chi connectivity index (χ3v) is 2.54. The van der Waals surface area contributed by atoms with Gasteiger partial charge in [0.1, 0.15) is 5.60 Å². The number of hydroxylamine groups is 2. The predicted molar refractivity (Wildman–Crippen MR) is 39.9 cm³/mol. The van der Waals surface area contributed by atoms with Crippen LogP contribution in [0.1, 0.15) is 26.2 Å². The van der Waals surface area contributed by atoms with Crippen LogP contribution in [0.25, 0.3) is 0 Å². The van der Waals surface area contributed by atoms with E-state index in [9.17, 15) is 4.79 Å². The summed E-state index contributed by atoms with van der Waals surface area (Å²) in [6, 6.07) is 0.505. The van der Waals surface area contributed by atoms with Gasteiger partial charge in [0.05, 0.1) is 0 Å². The molecule has 2 rings (SSSR count). The SMILES string of the molecule is C[C@]1(C=O)C[C@@H]2CCCN2O1. The van der Waals surface area contributed by atoms with Crippen LogP contribution in [0, 0.1) is 0 Å². The number of rotatable bonds is 1. The summed E-state index contributed by atoms with van der Waals surface area (Å²) in [6.45, 7) is 2.85. The highest BCUT2D eigenvalue weighted by atomic mass is 16.7. The second-order valence-electron chi connectivity index (χ2n) is 3.66. The second-order valence-corrected chi connectivity index (χ2v) is 3.66. The van der Waals surface area contributed by atoms with E-state index in [0.29, 0.717) is 6.04 Å². The van der Waals surface area contributed by atoms with Gasteiger partial charge in [0.25, 0.3) is 0 Å². The zero-order valence-electron chi connectivity index (χ0n) is 6.75. The van der Waals surface area contributed by atoms with Crippen molar-refractivity contribution in [2.24, 2.45) is 0 Å². The molecule has 2 fully saturated rings. The number of carbonyl (C=O) groups is 1. The summed E-state index contributed by atoms with van der Waals surface area (Å²) in [4.78, 5) is 16.1. The zero-order valence-corrected chi connectivity index (χ0v) is 6.75. The number of fused-ring (bicyclic) bond motifs is 1. The third-order valence-electron chi connectivity index (χ3n) is 2.54. The molecule has 0 aromatic rings. The van der Waals surface area contributed by atoms with Gasteiger partial charge < -0.3 is 4.79 Å².